The molecule has 2 N–H and O–H groups in total. The number of sulfonamides is 1. The van der Waals surface area contributed by atoms with Crippen LogP contribution >= 0.6 is 0 Å². The fourth-order valence-corrected chi connectivity index (χ4v) is 2.65. The van der Waals surface area contributed by atoms with Crippen LogP contribution in [0.1, 0.15) is 0 Å². The van der Waals surface area contributed by atoms with E-state index in [0.717, 1.165) is 5.39 Å². The van der Waals surface area contributed by atoms with Crippen LogP contribution in [0.3, 0.4) is 0 Å². The van der Waals surface area contributed by atoms with E-state index in [1.54, 1.807) is 24.4 Å². The summed E-state index contributed by atoms with van der Waals surface area (Å²) in [5.74, 6) is 0.612. The lowest BCUT2D eigenvalue weighted by atomic mass is 10.2. The first-order valence-electron chi connectivity index (χ1n) is 6.55. The molecule has 7 nitrogen and oxygen atoms in total. The maximum absolute atomic E-state index is 11.8. The van der Waals surface area contributed by atoms with Gasteiger partial charge in [-0.2, -0.15) is 0 Å². The van der Waals surface area contributed by atoms with Gasteiger partial charge in [0.2, 0.25) is 10.0 Å². The lowest BCUT2D eigenvalue weighted by Gasteiger charge is -2.20. The van der Waals surface area contributed by atoms with Crippen molar-refractivity contribution in [3.63, 3.8) is 0 Å². The summed E-state index contributed by atoms with van der Waals surface area (Å²) in [6.45, 7) is 0. The van der Waals surface area contributed by atoms with E-state index in [1.165, 1.54) is 23.9 Å². The van der Waals surface area contributed by atoms with Crippen LogP contribution in [0.4, 0.5) is 17.2 Å². The number of nitrogens with one attached hydrogen (secondary N) is 2. The highest BCUT2D eigenvalue weighted by atomic mass is 32.2. The summed E-state index contributed by atoms with van der Waals surface area (Å²) in [5, 5.41) is 4.01. The summed E-state index contributed by atoms with van der Waals surface area (Å²) >= 11 is 0. The number of hydrogen-bond donors (Lipinski definition) is 2. The quantitative estimate of drug-likeness (QED) is 0.769. The van der Waals surface area contributed by atoms with Gasteiger partial charge >= 0.3 is 0 Å². The molecule has 114 valence electrons. The van der Waals surface area contributed by atoms with Crippen LogP contribution < -0.4 is 9.62 Å². The Morgan fingerprint density at radius 1 is 1.18 bits per heavy atom. The van der Waals surface area contributed by atoms with E-state index in [-0.39, 0.29) is 0 Å². The van der Waals surface area contributed by atoms with Crippen molar-refractivity contribution < 1.29 is 8.42 Å². The predicted molar refractivity (Wildman–Crippen MR) is 86.9 cm³/mol. The zero-order valence-electron chi connectivity index (χ0n) is 12.1. The lowest BCUT2D eigenvalue weighted by molar-refractivity contribution is 0.600. The summed E-state index contributed by atoms with van der Waals surface area (Å²) in [4.78, 5) is 11.4. The Labute approximate surface area is 128 Å². The van der Waals surface area contributed by atoms with Crippen LogP contribution in [0, 0.1) is 0 Å². The molecular formula is C14H15N5O2S. The number of aromatic amines is 1. The zero-order valence-corrected chi connectivity index (χ0v) is 12.9. The molecule has 2 aromatic heterocycles. The molecule has 0 aliphatic rings. The van der Waals surface area contributed by atoms with Crippen molar-refractivity contribution in [2.75, 3.05) is 22.9 Å². The number of benzene rings is 1. The second-order valence-corrected chi connectivity index (χ2v) is 6.85. The summed E-state index contributed by atoms with van der Waals surface area (Å²) < 4.78 is 24.8. The second-order valence-electron chi connectivity index (χ2n) is 4.83. The van der Waals surface area contributed by atoms with Crippen LogP contribution in [-0.4, -0.2) is 36.7 Å². The molecule has 0 spiro atoms. The Bertz CT molecular complexity index is 920. The molecule has 0 unspecified atom stereocenters. The molecule has 0 fully saturated rings. The number of nitrogens with zero attached hydrogens (tertiary/aromatic N) is 3. The van der Waals surface area contributed by atoms with Crippen molar-refractivity contribution in [1.82, 2.24) is 15.0 Å². The Morgan fingerprint density at radius 3 is 2.73 bits per heavy atom. The third kappa shape index (κ3) is 2.60. The Kier molecular flexibility index (Phi) is 3.45. The molecule has 3 rings (SSSR count). The summed E-state index contributed by atoms with van der Waals surface area (Å²) in [7, 11) is -1.83. The highest BCUT2D eigenvalue weighted by Gasteiger charge is 2.16. The molecule has 0 atom stereocenters. The molecule has 1 aromatic carbocycles. The van der Waals surface area contributed by atoms with Gasteiger partial charge in [-0.3, -0.25) is 4.31 Å². The van der Waals surface area contributed by atoms with E-state index in [9.17, 15) is 8.42 Å². The second kappa shape index (κ2) is 5.30. The number of aromatic nitrogens is 3. The number of H-pyrrole nitrogens is 1. The highest BCUT2D eigenvalue weighted by molar-refractivity contribution is 7.92. The van der Waals surface area contributed by atoms with Gasteiger partial charge in [-0.05, 0) is 18.2 Å². The van der Waals surface area contributed by atoms with Crippen molar-refractivity contribution in [1.29, 1.82) is 0 Å². The van der Waals surface area contributed by atoms with Crippen LogP contribution in [0.15, 0.2) is 42.9 Å². The van der Waals surface area contributed by atoms with Crippen molar-refractivity contribution in [2.45, 2.75) is 0 Å². The fourth-order valence-electron chi connectivity index (χ4n) is 2.13. The number of anilines is 3. The smallest absolute Gasteiger partial charge is 0.232 e. The van der Waals surface area contributed by atoms with Gasteiger partial charge in [-0.1, -0.05) is 12.1 Å². The van der Waals surface area contributed by atoms with Crippen LogP contribution in [0.25, 0.3) is 11.0 Å². The number of rotatable bonds is 4. The van der Waals surface area contributed by atoms with Gasteiger partial charge in [0.05, 0.1) is 23.0 Å². The minimum absolute atomic E-state index is 0.548. The average molecular weight is 317 g/mol. The maximum Gasteiger partial charge on any atom is 0.232 e. The van der Waals surface area contributed by atoms with Gasteiger partial charge in [0.1, 0.15) is 17.8 Å². The van der Waals surface area contributed by atoms with Gasteiger partial charge in [-0.15, -0.1) is 0 Å². The SMILES string of the molecule is CN(c1ccccc1Nc1ncnc2[nH]ccc12)S(C)(=O)=O. The monoisotopic (exact) mass is 317 g/mol. The highest BCUT2D eigenvalue weighted by Crippen LogP contribution is 2.30. The molecule has 22 heavy (non-hydrogen) atoms. The average Bonchev–Trinajstić information content (AvgIpc) is 2.96. The summed E-state index contributed by atoms with van der Waals surface area (Å²) in [5.41, 5.74) is 1.91. The van der Waals surface area contributed by atoms with Gasteiger partial charge in [0, 0.05) is 13.2 Å². The van der Waals surface area contributed by atoms with Gasteiger partial charge in [-0.25, -0.2) is 18.4 Å². The lowest BCUT2D eigenvalue weighted by Crippen LogP contribution is -2.25. The van der Waals surface area contributed by atoms with Gasteiger partial charge in [0.25, 0.3) is 0 Å². The molecule has 0 bridgehead atoms. The molecule has 0 saturated heterocycles. The molecule has 0 saturated carbocycles. The van der Waals surface area contributed by atoms with Crippen LogP contribution in [0.2, 0.25) is 0 Å². The van der Waals surface area contributed by atoms with E-state index in [0.29, 0.717) is 22.8 Å². The minimum atomic E-state index is -3.35. The van der Waals surface area contributed by atoms with E-state index in [2.05, 4.69) is 20.3 Å². The largest absolute Gasteiger partial charge is 0.346 e. The first-order chi connectivity index (χ1) is 10.5. The molecule has 0 amide bonds. The van der Waals surface area contributed by atoms with Crippen molar-refractivity contribution in [2.24, 2.45) is 0 Å². The van der Waals surface area contributed by atoms with E-state index < -0.39 is 10.0 Å². The summed E-state index contributed by atoms with van der Waals surface area (Å²) in [6, 6.07) is 9.02. The molecule has 0 radical (unpaired) electrons. The molecule has 0 aliphatic heterocycles. The fraction of sp³-hybridized carbons (Fsp3) is 0.143. The normalized spacial score (nSPS) is 11.5. The minimum Gasteiger partial charge on any atom is -0.346 e. The number of para-hydroxylation sites is 2. The maximum atomic E-state index is 11.8. The zero-order chi connectivity index (χ0) is 15.7. The van der Waals surface area contributed by atoms with Crippen molar-refractivity contribution >= 4 is 38.2 Å². The first kappa shape index (κ1) is 14.3. The number of hydrogen-bond acceptors (Lipinski definition) is 5. The van der Waals surface area contributed by atoms with E-state index >= 15 is 0 Å². The third-order valence-electron chi connectivity index (χ3n) is 3.35. The van der Waals surface area contributed by atoms with Crippen molar-refractivity contribution in [3.8, 4) is 0 Å². The number of fused-ring (bicyclic) bond motifs is 1. The van der Waals surface area contributed by atoms with Crippen LogP contribution in [-0.2, 0) is 10.0 Å². The van der Waals surface area contributed by atoms with Crippen LogP contribution in [0.5, 0.6) is 0 Å². The van der Waals surface area contributed by atoms with Gasteiger partial charge < -0.3 is 10.3 Å². The Morgan fingerprint density at radius 2 is 1.95 bits per heavy atom. The predicted octanol–water partition coefficient (Wildman–Crippen LogP) is 2.10. The Balaban J connectivity index is 2.05. The summed E-state index contributed by atoms with van der Waals surface area (Å²) in [6.07, 6.45) is 4.39. The first-order valence-corrected chi connectivity index (χ1v) is 8.39. The topological polar surface area (TPSA) is 91.0 Å². The third-order valence-corrected chi connectivity index (χ3v) is 4.54. The molecule has 8 heteroatoms. The standard InChI is InChI=1S/C14H15N5O2S/c1-19(22(2,20)21)12-6-4-3-5-11(12)18-14-10-7-8-15-13(10)16-9-17-14/h3-9H,1-2H3,(H2,15,16,17,18). The Hall–Kier alpha value is -2.61. The molecule has 3 aromatic rings. The van der Waals surface area contributed by atoms with E-state index in [1.807, 2.05) is 12.1 Å². The molecular weight excluding hydrogens is 302 g/mol. The molecule has 0 aliphatic carbocycles. The molecule has 2 heterocycles. The van der Waals surface area contributed by atoms with Crippen molar-refractivity contribution in [3.05, 3.63) is 42.9 Å². The van der Waals surface area contributed by atoms with Gasteiger partial charge in [0.15, 0.2) is 0 Å². The van der Waals surface area contributed by atoms with E-state index in [4.69, 9.17) is 0 Å².